The normalized spacial score (nSPS) is 9.41. The van der Waals surface area contributed by atoms with Crippen molar-refractivity contribution in [3.8, 4) is 5.69 Å². The molecular formula is C14H12N2Y+. The maximum atomic E-state index is 4.23. The van der Waals surface area contributed by atoms with E-state index in [-0.39, 0.29) is 40.1 Å². The predicted octanol–water partition coefficient (Wildman–Crippen LogP) is 3.27. The van der Waals surface area contributed by atoms with Crippen LogP contribution in [0.15, 0.2) is 54.6 Å². The third-order valence-electron chi connectivity index (χ3n) is 2.41. The molecule has 0 aliphatic carbocycles. The van der Waals surface area contributed by atoms with E-state index in [4.69, 9.17) is 0 Å². The third-order valence-corrected chi connectivity index (χ3v) is 2.41. The van der Waals surface area contributed by atoms with Gasteiger partial charge in [0.25, 0.3) is 0 Å². The van der Waals surface area contributed by atoms with E-state index in [1.54, 1.807) is 0 Å². The monoisotopic (exact) mass is 297 g/mol. The van der Waals surface area contributed by atoms with Crippen LogP contribution in [-0.2, 0) is 32.7 Å². The van der Waals surface area contributed by atoms with Gasteiger partial charge in [-0.05, 0) is 11.2 Å². The molecule has 0 aliphatic heterocycles. The Morgan fingerprint density at radius 2 is 1.53 bits per heavy atom. The van der Waals surface area contributed by atoms with Crippen molar-refractivity contribution in [2.45, 2.75) is 0 Å². The van der Waals surface area contributed by atoms with E-state index in [1.807, 2.05) is 59.2 Å². The van der Waals surface area contributed by atoms with Gasteiger partial charge in [-0.1, -0.05) is 60.1 Å². The molecule has 0 N–H and O–H groups in total. The molecule has 1 aromatic heterocycles. The minimum atomic E-state index is 0. The molecule has 0 amide bonds. The molecule has 2 aromatic carbocycles. The average Bonchev–Trinajstić information content (AvgIpc) is 2.74. The fourth-order valence-corrected chi connectivity index (χ4v) is 1.68. The number of hydrogen-bond acceptors (Lipinski definition) is 1. The SMILES string of the molecule is [CH3-].[Y+3].[c-]1nc2ccccc2n1-c1ccccc1. The molecule has 0 bridgehead atoms. The van der Waals surface area contributed by atoms with Crippen LogP contribution in [0.2, 0.25) is 0 Å². The summed E-state index contributed by atoms with van der Waals surface area (Å²) in [5.41, 5.74) is 3.15. The van der Waals surface area contributed by atoms with Gasteiger partial charge in [0.05, 0.1) is 0 Å². The van der Waals surface area contributed by atoms with Crippen molar-refractivity contribution in [1.82, 2.24) is 9.55 Å². The van der Waals surface area contributed by atoms with E-state index in [9.17, 15) is 0 Å². The topological polar surface area (TPSA) is 17.8 Å². The van der Waals surface area contributed by atoms with Gasteiger partial charge in [-0.3, -0.25) is 0 Å². The summed E-state index contributed by atoms with van der Waals surface area (Å²) in [7, 11) is 0. The summed E-state index contributed by atoms with van der Waals surface area (Å²) >= 11 is 0. The number of imidazole rings is 1. The smallest absolute Gasteiger partial charge is 0.426 e. The number of fused-ring (bicyclic) bond motifs is 1. The minimum Gasteiger partial charge on any atom is -0.426 e. The molecule has 1 heterocycles. The van der Waals surface area contributed by atoms with Gasteiger partial charge in [-0.25, -0.2) is 0 Å². The van der Waals surface area contributed by atoms with Crippen LogP contribution in [0.3, 0.4) is 0 Å². The van der Waals surface area contributed by atoms with Gasteiger partial charge in [0, 0.05) is 6.33 Å². The Morgan fingerprint density at radius 1 is 0.882 bits per heavy atom. The molecule has 0 fully saturated rings. The molecule has 0 spiro atoms. The molecule has 3 rings (SSSR count). The van der Waals surface area contributed by atoms with Crippen LogP contribution in [-0.4, -0.2) is 9.55 Å². The second-order valence-corrected chi connectivity index (χ2v) is 3.37. The molecular weight excluding hydrogens is 285 g/mol. The van der Waals surface area contributed by atoms with Crippen LogP contribution in [0.25, 0.3) is 16.7 Å². The summed E-state index contributed by atoms with van der Waals surface area (Å²) < 4.78 is 1.97. The molecule has 0 atom stereocenters. The van der Waals surface area contributed by atoms with Crippen molar-refractivity contribution < 1.29 is 32.7 Å². The molecule has 3 heteroatoms. The Balaban J connectivity index is 0.000000722. The Kier molecular flexibility index (Phi) is 5.04. The largest absolute Gasteiger partial charge is 3.00 e. The Hall–Kier alpha value is -0.986. The standard InChI is InChI=1S/C13H9N2.CH3.Y/c1-2-6-11(7-3-1)15-10-14-12-8-4-5-9-13(12)15;;/h1-9H;1H3;/q2*-1;+3. The van der Waals surface area contributed by atoms with Gasteiger partial charge >= 0.3 is 32.7 Å². The van der Waals surface area contributed by atoms with Crippen molar-refractivity contribution in [2.24, 2.45) is 0 Å². The summed E-state index contributed by atoms with van der Waals surface area (Å²) in [5, 5.41) is 0. The van der Waals surface area contributed by atoms with Crippen LogP contribution < -0.4 is 0 Å². The maximum absolute atomic E-state index is 4.23. The van der Waals surface area contributed by atoms with Gasteiger partial charge in [0.15, 0.2) is 0 Å². The van der Waals surface area contributed by atoms with Crippen LogP contribution >= 0.6 is 0 Å². The first kappa shape index (κ1) is 14.1. The molecule has 0 radical (unpaired) electrons. The molecule has 0 saturated heterocycles. The number of aromatic nitrogens is 2. The Morgan fingerprint density at radius 3 is 2.29 bits per heavy atom. The second kappa shape index (κ2) is 6.08. The van der Waals surface area contributed by atoms with Crippen molar-refractivity contribution >= 4 is 11.0 Å². The first-order valence-corrected chi connectivity index (χ1v) is 4.86. The van der Waals surface area contributed by atoms with Crippen LogP contribution in [0, 0.1) is 13.8 Å². The number of benzene rings is 2. The van der Waals surface area contributed by atoms with Crippen LogP contribution in [0.5, 0.6) is 0 Å². The number of nitrogens with zero attached hydrogens (tertiary/aromatic N) is 2. The molecule has 80 valence electrons. The summed E-state index contributed by atoms with van der Waals surface area (Å²) in [5.74, 6) is 0. The van der Waals surface area contributed by atoms with Crippen molar-refractivity contribution in [3.63, 3.8) is 0 Å². The third kappa shape index (κ3) is 2.64. The van der Waals surface area contributed by atoms with Crippen molar-refractivity contribution in [1.29, 1.82) is 0 Å². The minimum absolute atomic E-state index is 0. The van der Waals surface area contributed by atoms with Gasteiger partial charge < -0.3 is 17.0 Å². The van der Waals surface area contributed by atoms with Crippen molar-refractivity contribution in [2.75, 3.05) is 0 Å². The second-order valence-electron chi connectivity index (χ2n) is 3.37. The zero-order valence-corrected chi connectivity index (χ0v) is 12.5. The average molecular weight is 297 g/mol. The van der Waals surface area contributed by atoms with E-state index in [0.717, 1.165) is 16.7 Å². The number of hydrogen-bond donors (Lipinski definition) is 0. The zero-order valence-electron chi connectivity index (χ0n) is 9.67. The van der Waals surface area contributed by atoms with E-state index in [1.165, 1.54) is 0 Å². The van der Waals surface area contributed by atoms with Gasteiger partial charge in [-0.2, -0.15) is 0 Å². The van der Waals surface area contributed by atoms with E-state index in [2.05, 4.69) is 11.3 Å². The molecule has 0 aliphatic rings. The molecule has 0 saturated carbocycles. The molecule has 3 aromatic rings. The van der Waals surface area contributed by atoms with Gasteiger partial charge in [0.2, 0.25) is 0 Å². The summed E-state index contributed by atoms with van der Waals surface area (Å²) in [6, 6.07) is 18.2. The van der Waals surface area contributed by atoms with Gasteiger partial charge in [0.1, 0.15) is 0 Å². The molecule has 17 heavy (non-hydrogen) atoms. The van der Waals surface area contributed by atoms with E-state index in [0.29, 0.717) is 0 Å². The fraction of sp³-hybridized carbons (Fsp3) is 0. The predicted molar refractivity (Wildman–Crippen MR) is 66.3 cm³/mol. The Bertz CT molecular complexity index is 587. The summed E-state index contributed by atoms with van der Waals surface area (Å²) in [6.45, 7) is 0. The van der Waals surface area contributed by atoms with E-state index >= 15 is 0 Å². The maximum Gasteiger partial charge on any atom is 3.00 e. The molecule has 0 unspecified atom stereocenters. The van der Waals surface area contributed by atoms with Gasteiger partial charge in [-0.15, -0.1) is 0 Å². The summed E-state index contributed by atoms with van der Waals surface area (Å²) in [6.07, 6.45) is 3.00. The first-order chi connectivity index (χ1) is 7.45. The van der Waals surface area contributed by atoms with Crippen LogP contribution in [0.4, 0.5) is 0 Å². The zero-order chi connectivity index (χ0) is 10.1. The summed E-state index contributed by atoms with van der Waals surface area (Å²) in [4.78, 5) is 4.23. The number of para-hydroxylation sites is 3. The first-order valence-electron chi connectivity index (χ1n) is 4.86. The van der Waals surface area contributed by atoms with Crippen molar-refractivity contribution in [3.05, 3.63) is 68.4 Å². The Labute approximate surface area is 127 Å². The number of rotatable bonds is 1. The van der Waals surface area contributed by atoms with E-state index < -0.39 is 0 Å². The molecule has 2 nitrogen and oxygen atoms in total. The quantitative estimate of drug-likeness (QED) is 0.630. The fourth-order valence-electron chi connectivity index (χ4n) is 1.68. The van der Waals surface area contributed by atoms with Crippen LogP contribution in [0.1, 0.15) is 0 Å².